The lowest BCUT2D eigenvalue weighted by Crippen LogP contribution is -2.28. The Bertz CT molecular complexity index is 1260. The average Bonchev–Trinajstić information content (AvgIpc) is 3.60. The SMILES string of the molecule is COc1ccc(N2CC(C(=O)Nc3cc(-c4ccoc4)nn3-c3ccccc3)CC2=O)cc1. The van der Waals surface area contributed by atoms with Crippen LogP contribution in [-0.2, 0) is 9.59 Å². The predicted octanol–water partition coefficient (Wildman–Crippen LogP) is 4.13. The molecule has 0 bridgehead atoms. The largest absolute Gasteiger partial charge is 0.497 e. The third-order valence-corrected chi connectivity index (χ3v) is 5.66. The lowest BCUT2D eigenvalue weighted by Gasteiger charge is -2.17. The third-order valence-electron chi connectivity index (χ3n) is 5.66. The third kappa shape index (κ3) is 4.10. The number of anilines is 2. The van der Waals surface area contributed by atoms with Gasteiger partial charge in [0.25, 0.3) is 0 Å². The molecule has 2 amide bonds. The number of amides is 2. The van der Waals surface area contributed by atoms with Crippen LogP contribution in [0.5, 0.6) is 5.75 Å². The van der Waals surface area contributed by atoms with Crippen LogP contribution in [0.4, 0.5) is 11.5 Å². The number of carbonyl (C=O) groups is 2. The topological polar surface area (TPSA) is 89.6 Å². The summed E-state index contributed by atoms with van der Waals surface area (Å²) in [6.07, 6.45) is 3.32. The number of aromatic nitrogens is 2. The molecule has 8 nitrogen and oxygen atoms in total. The second-order valence-electron chi connectivity index (χ2n) is 7.77. The number of hydrogen-bond donors (Lipinski definition) is 1. The summed E-state index contributed by atoms with van der Waals surface area (Å²) in [4.78, 5) is 27.4. The second-order valence-corrected chi connectivity index (χ2v) is 7.77. The van der Waals surface area contributed by atoms with Crippen molar-refractivity contribution in [3.8, 4) is 22.7 Å². The minimum Gasteiger partial charge on any atom is -0.497 e. The number of nitrogens with zero attached hydrogens (tertiary/aromatic N) is 3. The molecule has 1 aliphatic rings. The van der Waals surface area contributed by atoms with E-state index >= 15 is 0 Å². The Morgan fingerprint density at radius 3 is 2.58 bits per heavy atom. The Morgan fingerprint density at radius 1 is 1.09 bits per heavy atom. The highest BCUT2D eigenvalue weighted by Crippen LogP contribution is 2.29. The number of carbonyl (C=O) groups excluding carboxylic acids is 2. The van der Waals surface area contributed by atoms with Gasteiger partial charge in [0.05, 0.1) is 36.9 Å². The van der Waals surface area contributed by atoms with Crippen molar-refractivity contribution < 1.29 is 18.7 Å². The highest BCUT2D eigenvalue weighted by atomic mass is 16.5. The van der Waals surface area contributed by atoms with Crippen LogP contribution in [0.3, 0.4) is 0 Å². The molecule has 1 saturated heterocycles. The maximum absolute atomic E-state index is 13.1. The fourth-order valence-corrected chi connectivity index (χ4v) is 3.91. The Morgan fingerprint density at radius 2 is 1.88 bits per heavy atom. The van der Waals surface area contributed by atoms with Gasteiger partial charge in [0.1, 0.15) is 11.6 Å². The normalized spacial score (nSPS) is 15.6. The summed E-state index contributed by atoms with van der Waals surface area (Å²) >= 11 is 0. The van der Waals surface area contributed by atoms with Crippen molar-refractivity contribution in [2.24, 2.45) is 5.92 Å². The van der Waals surface area contributed by atoms with Gasteiger partial charge < -0.3 is 19.4 Å². The highest BCUT2D eigenvalue weighted by molar-refractivity contribution is 6.03. The molecule has 1 aliphatic heterocycles. The zero-order valence-corrected chi connectivity index (χ0v) is 18.0. The Balaban J connectivity index is 1.37. The van der Waals surface area contributed by atoms with E-state index in [0.29, 0.717) is 23.8 Å². The molecule has 1 unspecified atom stereocenters. The fraction of sp³-hybridized carbons (Fsp3) is 0.160. The number of para-hydroxylation sites is 1. The van der Waals surface area contributed by atoms with Gasteiger partial charge in [0.15, 0.2) is 0 Å². The first kappa shape index (κ1) is 20.6. The number of benzene rings is 2. The maximum Gasteiger partial charge on any atom is 0.230 e. The number of hydrogen-bond acceptors (Lipinski definition) is 5. The van der Waals surface area contributed by atoms with Gasteiger partial charge in [-0.2, -0.15) is 5.10 Å². The quantitative estimate of drug-likeness (QED) is 0.485. The molecule has 166 valence electrons. The molecule has 2 aromatic carbocycles. The van der Waals surface area contributed by atoms with Gasteiger partial charge in [0, 0.05) is 30.3 Å². The number of nitrogens with one attached hydrogen (secondary N) is 1. The van der Waals surface area contributed by atoms with Gasteiger partial charge >= 0.3 is 0 Å². The van der Waals surface area contributed by atoms with E-state index in [1.54, 1.807) is 47.4 Å². The van der Waals surface area contributed by atoms with Crippen LogP contribution in [0.25, 0.3) is 16.9 Å². The van der Waals surface area contributed by atoms with Crippen LogP contribution >= 0.6 is 0 Å². The van der Waals surface area contributed by atoms with Crippen LogP contribution in [0.1, 0.15) is 6.42 Å². The zero-order valence-electron chi connectivity index (χ0n) is 18.0. The van der Waals surface area contributed by atoms with E-state index in [1.807, 2.05) is 48.5 Å². The Kier molecular flexibility index (Phi) is 5.40. The first-order chi connectivity index (χ1) is 16.1. The van der Waals surface area contributed by atoms with Crippen molar-refractivity contribution in [2.75, 3.05) is 23.9 Å². The van der Waals surface area contributed by atoms with Gasteiger partial charge in [-0.3, -0.25) is 9.59 Å². The second kappa shape index (κ2) is 8.66. The monoisotopic (exact) mass is 442 g/mol. The molecule has 2 aromatic heterocycles. The highest BCUT2D eigenvalue weighted by Gasteiger charge is 2.35. The number of methoxy groups -OCH3 is 1. The first-order valence-electron chi connectivity index (χ1n) is 10.6. The number of ether oxygens (including phenoxy) is 1. The van der Waals surface area contributed by atoms with E-state index in [9.17, 15) is 9.59 Å². The molecule has 0 spiro atoms. The molecule has 1 fully saturated rings. The van der Waals surface area contributed by atoms with Crippen molar-refractivity contribution in [2.45, 2.75) is 6.42 Å². The van der Waals surface area contributed by atoms with Gasteiger partial charge in [-0.1, -0.05) is 18.2 Å². The Labute approximate surface area is 190 Å². The molecule has 3 heterocycles. The summed E-state index contributed by atoms with van der Waals surface area (Å²) in [6.45, 7) is 0.311. The standard InChI is InChI=1S/C25H22N4O4/c1-32-21-9-7-19(8-10-21)28-15-18(13-24(28)30)25(31)26-23-14-22(17-11-12-33-16-17)27-29(23)20-5-3-2-4-6-20/h2-12,14,16,18H,13,15H2,1H3,(H,26,31). The Hall–Kier alpha value is -4.33. The van der Waals surface area contributed by atoms with Crippen LogP contribution in [0.15, 0.2) is 83.7 Å². The van der Waals surface area contributed by atoms with Gasteiger partial charge in [-0.25, -0.2) is 4.68 Å². The average molecular weight is 442 g/mol. The van der Waals surface area contributed by atoms with Crippen molar-refractivity contribution in [3.63, 3.8) is 0 Å². The van der Waals surface area contributed by atoms with Gasteiger partial charge in [0.2, 0.25) is 11.8 Å². The summed E-state index contributed by atoms with van der Waals surface area (Å²) in [5, 5.41) is 7.63. The molecule has 4 aromatic rings. The van der Waals surface area contributed by atoms with E-state index in [0.717, 1.165) is 16.9 Å². The zero-order chi connectivity index (χ0) is 22.8. The molecule has 0 saturated carbocycles. The summed E-state index contributed by atoms with van der Waals surface area (Å²) in [7, 11) is 1.59. The van der Waals surface area contributed by atoms with Crippen LogP contribution in [0, 0.1) is 5.92 Å². The smallest absolute Gasteiger partial charge is 0.230 e. The maximum atomic E-state index is 13.1. The first-order valence-corrected chi connectivity index (χ1v) is 10.6. The van der Waals surface area contributed by atoms with Crippen molar-refractivity contribution >= 4 is 23.3 Å². The summed E-state index contributed by atoms with van der Waals surface area (Å²) in [6, 6.07) is 20.4. The fourth-order valence-electron chi connectivity index (χ4n) is 3.91. The van der Waals surface area contributed by atoms with E-state index < -0.39 is 5.92 Å². The van der Waals surface area contributed by atoms with Crippen molar-refractivity contribution in [1.82, 2.24) is 9.78 Å². The molecule has 1 N–H and O–H groups in total. The van der Waals surface area contributed by atoms with Crippen LogP contribution in [-0.4, -0.2) is 35.2 Å². The number of furan rings is 1. The molecular weight excluding hydrogens is 420 g/mol. The number of rotatable bonds is 6. The lowest BCUT2D eigenvalue weighted by atomic mass is 10.1. The summed E-state index contributed by atoms with van der Waals surface area (Å²) < 4.78 is 12.0. The minimum atomic E-state index is -0.476. The molecular formula is C25H22N4O4. The summed E-state index contributed by atoms with van der Waals surface area (Å²) in [5.41, 5.74) is 3.03. The van der Waals surface area contributed by atoms with E-state index in [-0.39, 0.29) is 18.2 Å². The molecule has 8 heteroatoms. The predicted molar refractivity (Wildman–Crippen MR) is 123 cm³/mol. The van der Waals surface area contributed by atoms with E-state index in [1.165, 1.54) is 0 Å². The van der Waals surface area contributed by atoms with Gasteiger partial charge in [-0.15, -0.1) is 0 Å². The van der Waals surface area contributed by atoms with Crippen molar-refractivity contribution in [1.29, 1.82) is 0 Å². The minimum absolute atomic E-state index is 0.0871. The molecule has 33 heavy (non-hydrogen) atoms. The van der Waals surface area contributed by atoms with Gasteiger partial charge in [-0.05, 0) is 42.5 Å². The van der Waals surface area contributed by atoms with E-state index in [2.05, 4.69) is 10.4 Å². The van der Waals surface area contributed by atoms with Crippen LogP contribution in [0.2, 0.25) is 0 Å². The van der Waals surface area contributed by atoms with Crippen LogP contribution < -0.4 is 15.0 Å². The summed E-state index contributed by atoms with van der Waals surface area (Å²) in [5.74, 6) is 0.447. The van der Waals surface area contributed by atoms with Crippen molar-refractivity contribution in [3.05, 3.63) is 79.3 Å². The molecule has 1 atom stereocenters. The molecule has 5 rings (SSSR count). The van der Waals surface area contributed by atoms with E-state index in [4.69, 9.17) is 9.15 Å². The lowest BCUT2D eigenvalue weighted by molar-refractivity contribution is -0.122. The molecule has 0 radical (unpaired) electrons. The molecule has 0 aliphatic carbocycles.